The van der Waals surface area contributed by atoms with E-state index in [9.17, 15) is 24.6 Å². The van der Waals surface area contributed by atoms with Gasteiger partial charge in [0.2, 0.25) is 0 Å². The molecule has 26 heavy (non-hydrogen) atoms. The van der Waals surface area contributed by atoms with Crippen LogP contribution in [-0.4, -0.2) is 48.8 Å². The van der Waals surface area contributed by atoms with E-state index in [2.05, 4.69) is 4.74 Å². The largest absolute Gasteiger partial charge is 0.504 e. The fourth-order valence-electron chi connectivity index (χ4n) is 2.64. The Hall–Kier alpha value is -3.03. The number of benzene rings is 1. The molecule has 0 saturated heterocycles. The van der Waals surface area contributed by atoms with Crippen molar-refractivity contribution in [3.05, 3.63) is 35.6 Å². The molecule has 2 unspecified atom stereocenters. The smallest absolute Gasteiger partial charge is 0.337 e. The molecule has 0 spiro atoms. The van der Waals surface area contributed by atoms with Crippen molar-refractivity contribution in [1.82, 2.24) is 0 Å². The summed E-state index contributed by atoms with van der Waals surface area (Å²) in [6.07, 6.45) is 2.04. The van der Waals surface area contributed by atoms with Crippen molar-refractivity contribution < 1.29 is 38.8 Å². The minimum atomic E-state index is -0.668. The number of hydrogen-bond acceptors (Lipinski definition) is 8. The van der Waals surface area contributed by atoms with Gasteiger partial charge in [-0.3, -0.25) is 4.79 Å². The zero-order chi connectivity index (χ0) is 19.1. The van der Waals surface area contributed by atoms with Gasteiger partial charge in [0.15, 0.2) is 11.5 Å². The Balaban J connectivity index is 1.92. The normalized spacial score (nSPS) is 19.0. The number of aromatic hydroxyl groups is 2. The SMILES string of the molecule is COC(=O)C1=COCC(C=O)C1CC(=O)OCCc1ccc(O)c(O)c1. The summed E-state index contributed by atoms with van der Waals surface area (Å²) in [6.45, 7) is 0.129. The third-order valence-corrected chi connectivity index (χ3v) is 4.09. The van der Waals surface area contributed by atoms with Crippen molar-refractivity contribution in [2.75, 3.05) is 20.3 Å². The van der Waals surface area contributed by atoms with Crippen molar-refractivity contribution >= 4 is 18.2 Å². The van der Waals surface area contributed by atoms with Crippen LogP contribution in [0.3, 0.4) is 0 Å². The topological polar surface area (TPSA) is 119 Å². The second-order valence-electron chi connectivity index (χ2n) is 5.80. The summed E-state index contributed by atoms with van der Waals surface area (Å²) in [6, 6.07) is 4.32. The molecular weight excluding hydrogens is 344 g/mol. The predicted octanol–water partition coefficient (Wildman–Crippen LogP) is 1.09. The van der Waals surface area contributed by atoms with Gasteiger partial charge in [0.1, 0.15) is 6.29 Å². The summed E-state index contributed by atoms with van der Waals surface area (Å²) < 4.78 is 14.9. The molecule has 0 radical (unpaired) electrons. The van der Waals surface area contributed by atoms with Crippen LogP contribution in [0.1, 0.15) is 12.0 Å². The summed E-state index contributed by atoms with van der Waals surface area (Å²) in [5.74, 6) is -3.02. The summed E-state index contributed by atoms with van der Waals surface area (Å²) in [5, 5.41) is 18.7. The molecule has 0 saturated carbocycles. The molecule has 2 N–H and O–H groups in total. The van der Waals surface area contributed by atoms with E-state index < -0.39 is 23.8 Å². The Kier molecular flexibility index (Phi) is 6.60. The van der Waals surface area contributed by atoms with E-state index in [1.165, 1.54) is 25.5 Å². The van der Waals surface area contributed by atoms with Crippen LogP contribution in [0, 0.1) is 11.8 Å². The van der Waals surface area contributed by atoms with Crippen LogP contribution < -0.4 is 0 Å². The summed E-state index contributed by atoms with van der Waals surface area (Å²) in [5.41, 5.74) is 0.802. The zero-order valence-electron chi connectivity index (χ0n) is 14.2. The Morgan fingerprint density at radius 3 is 2.73 bits per heavy atom. The number of methoxy groups -OCH3 is 1. The first-order valence-corrected chi connectivity index (χ1v) is 7.98. The molecule has 8 nitrogen and oxygen atoms in total. The molecule has 0 amide bonds. The number of esters is 2. The second-order valence-corrected chi connectivity index (χ2v) is 5.80. The second kappa shape index (κ2) is 8.89. The molecule has 2 rings (SSSR count). The number of ether oxygens (including phenoxy) is 3. The Labute approximate surface area is 150 Å². The highest BCUT2D eigenvalue weighted by Crippen LogP contribution is 2.29. The predicted molar refractivity (Wildman–Crippen MR) is 88.1 cm³/mol. The first-order chi connectivity index (χ1) is 12.5. The van der Waals surface area contributed by atoms with Crippen LogP contribution in [0.5, 0.6) is 11.5 Å². The summed E-state index contributed by atoms with van der Waals surface area (Å²) in [4.78, 5) is 35.1. The quantitative estimate of drug-likeness (QED) is 0.419. The van der Waals surface area contributed by atoms with Gasteiger partial charge in [0.05, 0.1) is 44.5 Å². The number of carbonyl (C=O) groups is 3. The number of phenols is 2. The zero-order valence-corrected chi connectivity index (χ0v) is 14.2. The van der Waals surface area contributed by atoms with Crippen LogP contribution in [0.2, 0.25) is 0 Å². The van der Waals surface area contributed by atoms with Crippen molar-refractivity contribution in [2.45, 2.75) is 12.8 Å². The minimum Gasteiger partial charge on any atom is -0.504 e. The van der Waals surface area contributed by atoms with Crippen molar-refractivity contribution in [3.63, 3.8) is 0 Å². The maximum atomic E-state index is 12.1. The van der Waals surface area contributed by atoms with E-state index >= 15 is 0 Å². The van der Waals surface area contributed by atoms with Crippen molar-refractivity contribution in [1.29, 1.82) is 0 Å². The van der Waals surface area contributed by atoms with Crippen LogP contribution >= 0.6 is 0 Å². The lowest BCUT2D eigenvalue weighted by atomic mass is 9.83. The summed E-state index contributed by atoms with van der Waals surface area (Å²) in [7, 11) is 1.20. The lowest BCUT2D eigenvalue weighted by molar-refractivity contribution is -0.145. The van der Waals surface area contributed by atoms with Crippen molar-refractivity contribution in [3.8, 4) is 11.5 Å². The third kappa shape index (κ3) is 4.75. The Morgan fingerprint density at radius 2 is 2.08 bits per heavy atom. The van der Waals surface area contributed by atoms with E-state index in [0.717, 1.165) is 0 Å². The molecule has 8 heteroatoms. The maximum absolute atomic E-state index is 12.1. The molecule has 140 valence electrons. The molecule has 1 aromatic rings. The fraction of sp³-hybridized carbons (Fsp3) is 0.389. The van der Waals surface area contributed by atoms with Crippen LogP contribution in [-0.2, 0) is 35.0 Å². The lowest BCUT2D eigenvalue weighted by Gasteiger charge is -2.27. The molecule has 0 bridgehead atoms. The molecule has 0 aliphatic carbocycles. The molecule has 1 aliphatic heterocycles. The number of carbonyl (C=O) groups excluding carboxylic acids is 3. The van der Waals surface area contributed by atoms with Crippen LogP contribution in [0.4, 0.5) is 0 Å². The van der Waals surface area contributed by atoms with Gasteiger partial charge in [-0.2, -0.15) is 0 Å². The highest BCUT2D eigenvalue weighted by molar-refractivity contribution is 5.90. The van der Waals surface area contributed by atoms with Crippen molar-refractivity contribution in [2.24, 2.45) is 11.8 Å². The molecule has 1 aliphatic rings. The molecule has 1 aromatic carbocycles. The van der Waals surface area contributed by atoms with Gasteiger partial charge < -0.3 is 29.2 Å². The van der Waals surface area contributed by atoms with E-state index in [0.29, 0.717) is 18.3 Å². The van der Waals surface area contributed by atoms with E-state index in [1.807, 2.05) is 0 Å². The summed E-state index contributed by atoms with van der Waals surface area (Å²) >= 11 is 0. The molecule has 0 fully saturated rings. The van der Waals surface area contributed by atoms with Gasteiger partial charge in [0, 0.05) is 12.3 Å². The Bertz CT molecular complexity index is 709. The standard InChI is InChI=1S/C18H20O8/c1-24-18(23)14-10-25-9-12(8-19)13(14)7-17(22)26-5-4-11-2-3-15(20)16(21)6-11/h2-3,6,8,10,12-13,20-21H,4-5,7,9H2,1H3. The van der Waals surface area contributed by atoms with Crippen LogP contribution in [0.25, 0.3) is 0 Å². The monoisotopic (exact) mass is 364 g/mol. The van der Waals surface area contributed by atoms with Gasteiger partial charge in [-0.15, -0.1) is 0 Å². The molecular formula is C18H20O8. The number of phenolic OH excluding ortho intramolecular Hbond substituents is 2. The highest BCUT2D eigenvalue weighted by Gasteiger charge is 2.35. The van der Waals surface area contributed by atoms with Crippen LogP contribution in [0.15, 0.2) is 30.0 Å². The van der Waals surface area contributed by atoms with Gasteiger partial charge in [-0.1, -0.05) is 6.07 Å². The maximum Gasteiger partial charge on any atom is 0.337 e. The average Bonchev–Trinajstić information content (AvgIpc) is 2.64. The van der Waals surface area contributed by atoms with Gasteiger partial charge >= 0.3 is 11.9 Å². The number of aldehydes is 1. The first-order valence-electron chi connectivity index (χ1n) is 7.98. The van der Waals surface area contributed by atoms with Gasteiger partial charge in [0.25, 0.3) is 0 Å². The first kappa shape index (κ1) is 19.3. The molecule has 2 atom stereocenters. The number of hydrogen-bond donors (Lipinski definition) is 2. The molecule has 0 aromatic heterocycles. The Morgan fingerprint density at radius 1 is 1.31 bits per heavy atom. The fourth-order valence-corrected chi connectivity index (χ4v) is 2.64. The average molecular weight is 364 g/mol. The minimum absolute atomic E-state index is 0.0509. The highest BCUT2D eigenvalue weighted by atomic mass is 16.5. The van der Waals surface area contributed by atoms with Gasteiger partial charge in [-0.25, -0.2) is 4.79 Å². The number of rotatable bonds is 7. The molecule has 1 heterocycles. The lowest BCUT2D eigenvalue weighted by Crippen LogP contribution is -2.32. The third-order valence-electron chi connectivity index (χ3n) is 4.09. The van der Waals surface area contributed by atoms with E-state index in [1.54, 1.807) is 6.07 Å². The van der Waals surface area contributed by atoms with Gasteiger partial charge in [-0.05, 0) is 17.7 Å². The van der Waals surface area contributed by atoms with E-state index in [4.69, 9.17) is 9.47 Å². The van der Waals surface area contributed by atoms with E-state index in [-0.39, 0.29) is 36.7 Å².